The standard InChI is InChI=1S/C17H17FN4O3/c1-11-15(8-14(9-20-11)22(24)25)17(23)21-6-5-19-10-16(21)12-3-2-4-13(18)7-12/h2-4,7-9,16,19H,5-6,10H2,1H3. The number of aryl methyl sites for hydroxylation is 1. The van der Waals surface area contributed by atoms with E-state index >= 15 is 0 Å². The molecular formula is C17H17FN4O3. The van der Waals surface area contributed by atoms with E-state index in [4.69, 9.17) is 0 Å². The van der Waals surface area contributed by atoms with Gasteiger partial charge in [-0.3, -0.25) is 19.9 Å². The van der Waals surface area contributed by atoms with E-state index in [1.165, 1.54) is 18.2 Å². The van der Waals surface area contributed by atoms with Crippen molar-refractivity contribution < 1.29 is 14.1 Å². The number of hydrogen-bond acceptors (Lipinski definition) is 5. The lowest BCUT2D eigenvalue weighted by Gasteiger charge is -2.36. The number of rotatable bonds is 3. The number of nitro groups is 1. The van der Waals surface area contributed by atoms with Crippen LogP contribution in [0.3, 0.4) is 0 Å². The number of piperazine rings is 1. The summed E-state index contributed by atoms with van der Waals surface area (Å²) in [6.07, 6.45) is 1.13. The van der Waals surface area contributed by atoms with Crippen LogP contribution in [0.15, 0.2) is 36.5 Å². The molecule has 2 heterocycles. The number of pyridine rings is 1. The zero-order valence-corrected chi connectivity index (χ0v) is 13.6. The predicted molar refractivity (Wildman–Crippen MR) is 88.7 cm³/mol. The summed E-state index contributed by atoms with van der Waals surface area (Å²) < 4.78 is 13.6. The van der Waals surface area contributed by atoms with E-state index in [-0.39, 0.29) is 29.0 Å². The van der Waals surface area contributed by atoms with Gasteiger partial charge in [-0.05, 0) is 24.6 Å². The van der Waals surface area contributed by atoms with Gasteiger partial charge < -0.3 is 10.2 Å². The van der Waals surface area contributed by atoms with Gasteiger partial charge in [0.2, 0.25) is 0 Å². The lowest BCUT2D eigenvalue weighted by atomic mass is 10.0. The van der Waals surface area contributed by atoms with Crippen molar-refractivity contribution in [2.24, 2.45) is 0 Å². The van der Waals surface area contributed by atoms with E-state index in [9.17, 15) is 19.3 Å². The first-order chi connectivity index (χ1) is 12.0. The summed E-state index contributed by atoms with van der Waals surface area (Å²) in [5.41, 5.74) is 1.06. The maximum absolute atomic E-state index is 13.6. The molecule has 1 aromatic carbocycles. The van der Waals surface area contributed by atoms with Crippen LogP contribution in [0.4, 0.5) is 10.1 Å². The molecular weight excluding hydrogens is 327 g/mol. The average Bonchev–Trinajstić information content (AvgIpc) is 2.61. The molecule has 1 aliphatic rings. The maximum atomic E-state index is 13.6. The van der Waals surface area contributed by atoms with Gasteiger partial charge in [-0.1, -0.05) is 12.1 Å². The van der Waals surface area contributed by atoms with Crippen molar-refractivity contribution in [1.29, 1.82) is 0 Å². The molecule has 1 aliphatic heterocycles. The number of halogens is 1. The number of carbonyl (C=O) groups excluding carboxylic acids is 1. The molecule has 0 spiro atoms. The number of nitrogens with zero attached hydrogens (tertiary/aromatic N) is 3. The van der Waals surface area contributed by atoms with Crippen LogP contribution in [0.5, 0.6) is 0 Å². The summed E-state index contributed by atoms with van der Waals surface area (Å²) in [4.78, 5) is 29.0. The predicted octanol–water partition coefficient (Wildman–Crippen LogP) is 2.22. The van der Waals surface area contributed by atoms with Crippen LogP contribution in [0.2, 0.25) is 0 Å². The van der Waals surface area contributed by atoms with Crippen LogP contribution >= 0.6 is 0 Å². The smallest absolute Gasteiger partial charge is 0.288 e. The molecule has 1 unspecified atom stereocenters. The van der Waals surface area contributed by atoms with E-state index in [2.05, 4.69) is 10.3 Å². The molecule has 7 nitrogen and oxygen atoms in total. The average molecular weight is 344 g/mol. The summed E-state index contributed by atoms with van der Waals surface area (Å²) in [7, 11) is 0. The number of amides is 1. The van der Waals surface area contributed by atoms with Gasteiger partial charge >= 0.3 is 0 Å². The number of carbonyl (C=O) groups is 1. The molecule has 1 saturated heterocycles. The van der Waals surface area contributed by atoms with Crippen molar-refractivity contribution in [1.82, 2.24) is 15.2 Å². The zero-order chi connectivity index (χ0) is 18.0. The van der Waals surface area contributed by atoms with Crippen LogP contribution in [-0.2, 0) is 0 Å². The van der Waals surface area contributed by atoms with Gasteiger partial charge in [-0.15, -0.1) is 0 Å². The van der Waals surface area contributed by atoms with Crippen LogP contribution in [-0.4, -0.2) is 40.3 Å². The van der Waals surface area contributed by atoms with Gasteiger partial charge in [0.25, 0.3) is 11.6 Å². The summed E-state index contributed by atoms with van der Waals surface area (Å²) in [6, 6.07) is 7.00. The third kappa shape index (κ3) is 3.48. The molecule has 1 amide bonds. The van der Waals surface area contributed by atoms with Crippen LogP contribution in [0, 0.1) is 22.9 Å². The Hall–Kier alpha value is -2.87. The Labute approximate surface area is 143 Å². The Balaban J connectivity index is 1.96. The Bertz CT molecular complexity index is 827. The molecule has 1 fully saturated rings. The molecule has 1 N–H and O–H groups in total. The van der Waals surface area contributed by atoms with Crippen molar-refractivity contribution in [3.05, 3.63) is 69.3 Å². The second-order valence-electron chi connectivity index (χ2n) is 5.86. The van der Waals surface area contributed by atoms with E-state index in [0.29, 0.717) is 30.9 Å². The lowest BCUT2D eigenvalue weighted by molar-refractivity contribution is -0.385. The third-order valence-corrected chi connectivity index (χ3v) is 4.25. The van der Waals surface area contributed by atoms with Crippen molar-refractivity contribution in [2.45, 2.75) is 13.0 Å². The Morgan fingerprint density at radius 3 is 2.96 bits per heavy atom. The molecule has 8 heteroatoms. The maximum Gasteiger partial charge on any atom is 0.288 e. The SMILES string of the molecule is Cc1ncc([N+](=O)[O-])cc1C(=O)N1CCNCC1c1cccc(F)c1. The zero-order valence-electron chi connectivity index (χ0n) is 13.6. The number of nitrogens with one attached hydrogen (secondary N) is 1. The van der Waals surface area contributed by atoms with E-state index in [0.717, 1.165) is 6.20 Å². The van der Waals surface area contributed by atoms with Gasteiger partial charge in [0.05, 0.1) is 22.2 Å². The van der Waals surface area contributed by atoms with Crippen LogP contribution in [0.25, 0.3) is 0 Å². The molecule has 130 valence electrons. The Kier molecular flexibility index (Phi) is 4.71. The highest BCUT2D eigenvalue weighted by Crippen LogP contribution is 2.26. The minimum Gasteiger partial charge on any atom is -0.329 e. The lowest BCUT2D eigenvalue weighted by Crippen LogP contribution is -2.48. The molecule has 0 bridgehead atoms. The summed E-state index contributed by atoms with van der Waals surface area (Å²) >= 11 is 0. The Morgan fingerprint density at radius 2 is 2.24 bits per heavy atom. The molecule has 0 radical (unpaired) electrons. The monoisotopic (exact) mass is 344 g/mol. The first-order valence-electron chi connectivity index (χ1n) is 7.85. The summed E-state index contributed by atoms with van der Waals surface area (Å²) in [5.74, 6) is -0.715. The van der Waals surface area contributed by atoms with E-state index in [1.54, 1.807) is 24.0 Å². The van der Waals surface area contributed by atoms with Crippen molar-refractivity contribution in [2.75, 3.05) is 19.6 Å². The fourth-order valence-corrected chi connectivity index (χ4v) is 2.95. The molecule has 1 atom stereocenters. The van der Waals surface area contributed by atoms with Gasteiger partial charge in [0, 0.05) is 25.7 Å². The molecule has 0 saturated carbocycles. The first kappa shape index (κ1) is 17.0. The largest absolute Gasteiger partial charge is 0.329 e. The minimum atomic E-state index is -0.578. The number of hydrogen-bond donors (Lipinski definition) is 1. The molecule has 25 heavy (non-hydrogen) atoms. The molecule has 3 rings (SSSR count). The number of benzene rings is 1. The summed E-state index contributed by atoms with van der Waals surface area (Å²) in [6.45, 7) is 3.13. The fourth-order valence-electron chi connectivity index (χ4n) is 2.95. The minimum absolute atomic E-state index is 0.192. The van der Waals surface area contributed by atoms with Gasteiger partial charge in [-0.2, -0.15) is 0 Å². The quantitative estimate of drug-likeness (QED) is 0.681. The highest BCUT2D eigenvalue weighted by atomic mass is 19.1. The van der Waals surface area contributed by atoms with Crippen molar-refractivity contribution >= 4 is 11.6 Å². The van der Waals surface area contributed by atoms with Gasteiger partial charge in [0.1, 0.15) is 12.0 Å². The number of aromatic nitrogens is 1. The second kappa shape index (κ2) is 6.94. The molecule has 2 aromatic rings. The fraction of sp³-hybridized carbons (Fsp3) is 0.294. The van der Waals surface area contributed by atoms with Gasteiger partial charge in [-0.25, -0.2) is 4.39 Å². The summed E-state index contributed by atoms with van der Waals surface area (Å²) in [5, 5.41) is 14.2. The normalized spacial score (nSPS) is 17.4. The van der Waals surface area contributed by atoms with Gasteiger partial charge in [0.15, 0.2) is 0 Å². The van der Waals surface area contributed by atoms with E-state index in [1.807, 2.05) is 0 Å². The van der Waals surface area contributed by atoms with Crippen LogP contribution in [0.1, 0.15) is 27.7 Å². The topological polar surface area (TPSA) is 88.4 Å². The second-order valence-corrected chi connectivity index (χ2v) is 5.86. The first-order valence-corrected chi connectivity index (χ1v) is 7.85. The van der Waals surface area contributed by atoms with Crippen molar-refractivity contribution in [3.63, 3.8) is 0 Å². The Morgan fingerprint density at radius 1 is 1.44 bits per heavy atom. The highest BCUT2D eigenvalue weighted by Gasteiger charge is 2.30. The highest BCUT2D eigenvalue weighted by molar-refractivity contribution is 5.96. The molecule has 0 aliphatic carbocycles. The van der Waals surface area contributed by atoms with E-state index < -0.39 is 4.92 Å². The third-order valence-electron chi connectivity index (χ3n) is 4.25. The molecule has 1 aromatic heterocycles. The van der Waals surface area contributed by atoms with Crippen molar-refractivity contribution in [3.8, 4) is 0 Å². The van der Waals surface area contributed by atoms with Crippen LogP contribution < -0.4 is 5.32 Å².